The summed E-state index contributed by atoms with van der Waals surface area (Å²) < 4.78 is 0. The van der Waals surface area contributed by atoms with E-state index in [-0.39, 0.29) is 0 Å². The van der Waals surface area contributed by atoms with Gasteiger partial charge in [0, 0.05) is 38.3 Å². The summed E-state index contributed by atoms with van der Waals surface area (Å²) in [6, 6.07) is 12.4. The number of piperidine rings is 1. The molecule has 2 aliphatic heterocycles. The van der Waals surface area contributed by atoms with E-state index >= 15 is 0 Å². The Hall–Kier alpha value is -0.900. The molecule has 116 valence electrons. The number of rotatable bonds is 5. The number of likely N-dealkylation sites (N-methyl/N-ethyl adjacent to an activating group) is 1. The summed E-state index contributed by atoms with van der Waals surface area (Å²) in [5.74, 6) is 0. The molecule has 21 heavy (non-hydrogen) atoms. The van der Waals surface area contributed by atoms with Crippen molar-refractivity contribution in [2.75, 3.05) is 39.3 Å². The van der Waals surface area contributed by atoms with E-state index in [0.717, 1.165) is 19.1 Å². The number of benzene rings is 1. The van der Waals surface area contributed by atoms with Gasteiger partial charge in [-0.2, -0.15) is 0 Å². The summed E-state index contributed by atoms with van der Waals surface area (Å²) in [7, 11) is 0. The van der Waals surface area contributed by atoms with Crippen molar-refractivity contribution in [2.45, 2.75) is 38.3 Å². The van der Waals surface area contributed by atoms with Crippen LogP contribution in [0.5, 0.6) is 0 Å². The van der Waals surface area contributed by atoms with Gasteiger partial charge in [-0.15, -0.1) is 0 Å². The van der Waals surface area contributed by atoms with Gasteiger partial charge in [0.25, 0.3) is 0 Å². The predicted octanol–water partition coefficient (Wildman–Crippen LogP) is 2.51. The van der Waals surface area contributed by atoms with Crippen molar-refractivity contribution < 1.29 is 0 Å². The zero-order valence-corrected chi connectivity index (χ0v) is 13.3. The van der Waals surface area contributed by atoms with Gasteiger partial charge in [-0.3, -0.25) is 9.80 Å². The smallest absolute Gasteiger partial charge is 0.0473 e. The molecule has 3 heteroatoms. The van der Waals surface area contributed by atoms with Crippen molar-refractivity contribution in [1.29, 1.82) is 0 Å². The maximum absolute atomic E-state index is 3.56. The molecule has 0 bridgehead atoms. The average molecular weight is 287 g/mol. The van der Waals surface area contributed by atoms with Crippen LogP contribution in [0.3, 0.4) is 0 Å². The fourth-order valence-corrected chi connectivity index (χ4v) is 3.88. The number of hydrogen-bond donors (Lipinski definition) is 1. The maximum Gasteiger partial charge on any atom is 0.0473 e. The van der Waals surface area contributed by atoms with Gasteiger partial charge in [0.1, 0.15) is 0 Å². The van der Waals surface area contributed by atoms with Crippen molar-refractivity contribution in [1.82, 2.24) is 15.1 Å². The van der Waals surface area contributed by atoms with Crippen LogP contribution in [0.15, 0.2) is 30.3 Å². The fraction of sp³-hybridized carbons (Fsp3) is 0.667. The van der Waals surface area contributed by atoms with Crippen LogP contribution in [0, 0.1) is 0 Å². The molecule has 0 saturated carbocycles. The summed E-state index contributed by atoms with van der Waals surface area (Å²) in [5, 5.41) is 3.56. The van der Waals surface area contributed by atoms with E-state index in [0.29, 0.717) is 6.04 Å². The number of piperazine rings is 1. The van der Waals surface area contributed by atoms with E-state index in [9.17, 15) is 0 Å². The molecule has 0 aromatic heterocycles. The molecule has 2 aliphatic rings. The molecule has 0 radical (unpaired) electrons. The summed E-state index contributed by atoms with van der Waals surface area (Å²) in [5.41, 5.74) is 1.46. The Morgan fingerprint density at radius 2 is 2.00 bits per heavy atom. The van der Waals surface area contributed by atoms with Gasteiger partial charge in [-0.25, -0.2) is 0 Å². The Kier molecular flexibility index (Phi) is 5.28. The van der Waals surface area contributed by atoms with Crippen LogP contribution < -0.4 is 5.32 Å². The normalized spacial score (nSPS) is 25.5. The van der Waals surface area contributed by atoms with E-state index < -0.39 is 0 Å². The number of nitrogens with one attached hydrogen (secondary N) is 1. The summed E-state index contributed by atoms with van der Waals surface area (Å²) in [6.07, 6.45) is 4.20. The first-order chi connectivity index (χ1) is 10.4. The third-order valence-electron chi connectivity index (χ3n) is 5.08. The van der Waals surface area contributed by atoms with Crippen LogP contribution in [0.1, 0.15) is 37.8 Å². The lowest BCUT2D eigenvalue weighted by atomic mass is 9.96. The fourth-order valence-electron chi connectivity index (χ4n) is 3.88. The second-order valence-corrected chi connectivity index (χ2v) is 6.41. The minimum absolute atomic E-state index is 0.523. The van der Waals surface area contributed by atoms with Gasteiger partial charge in [0.2, 0.25) is 0 Å². The van der Waals surface area contributed by atoms with Gasteiger partial charge in [0.15, 0.2) is 0 Å². The van der Waals surface area contributed by atoms with Gasteiger partial charge < -0.3 is 5.32 Å². The number of hydrogen-bond acceptors (Lipinski definition) is 3. The lowest BCUT2D eigenvalue weighted by Gasteiger charge is -2.46. The first kappa shape index (κ1) is 15.0. The van der Waals surface area contributed by atoms with Crippen molar-refractivity contribution in [3.63, 3.8) is 0 Å². The molecule has 0 spiro atoms. The highest BCUT2D eigenvalue weighted by atomic mass is 15.3. The summed E-state index contributed by atoms with van der Waals surface area (Å²) >= 11 is 0. The van der Waals surface area contributed by atoms with Crippen LogP contribution in [0.25, 0.3) is 0 Å². The number of nitrogens with zero attached hydrogens (tertiary/aromatic N) is 2. The van der Waals surface area contributed by atoms with Gasteiger partial charge >= 0.3 is 0 Å². The van der Waals surface area contributed by atoms with Crippen LogP contribution in [0.4, 0.5) is 0 Å². The second kappa shape index (κ2) is 7.39. The second-order valence-electron chi connectivity index (χ2n) is 6.41. The van der Waals surface area contributed by atoms with Crippen LogP contribution >= 0.6 is 0 Å². The molecule has 3 nitrogen and oxygen atoms in total. The molecule has 2 unspecified atom stereocenters. The van der Waals surface area contributed by atoms with E-state index in [2.05, 4.69) is 52.4 Å². The Bertz CT molecular complexity index is 420. The van der Waals surface area contributed by atoms with E-state index in [1.807, 2.05) is 0 Å². The van der Waals surface area contributed by atoms with Gasteiger partial charge in [0.05, 0.1) is 0 Å². The highest BCUT2D eigenvalue weighted by molar-refractivity contribution is 5.20. The monoisotopic (exact) mass is 287 g/mol. The molecule has 3 rings (SSSR count). The molecular weight excluding hydrogens is 258 g/mol. The molecular formula is C18H29N3. The molecule has 2 heterocycles. The zero-order valence-electron chi connectivity index (χ0n) is 13.3. The first-order valence-corrected chi connectivity index (χ1v) is 8.62. The average Bonchev–Trinajstić information content (AvgIpc) is 2.56. The highest BCUT2D eigenvalue weighted by Crippen LogP contribution is 2.27. The Morgan fingerprint density at radius 3 is 2.81 bits per heavy atom. The first-order valence-electron chi connectivity index (χ1n) is 8.62. The molecule has 0 amide bonds. The van der Waals surface area contributed by atoms with E-state index in [4.69, 9.17) is 0 Å². The summed E-state index contributed by atoms with van der Waals surface area (Å²) in [6.45, 7) is 9.33. The molecule has 1 aromatic carbocycles. The number of fused-ring (bicyclic) bond motifs is 1. The molecule has 2 atom stereocenters. The predicted molar refractivity (Wildman–Crippen MR) is 88.5 cm³/mol. The van der Waals surface area contributed by atoms with Crippen molar-refractivity contribution in [3.8, 4) is 0 Å². The Labute approximate surface area is 129 Å². The maximum atomic E-state index is 3.56. The van der Waals surface area contributed by atoms with Crippen molar-refractivity contribution >= 4 is 0 Å². The van der Waals surface area contributed by atoms with Crippen LogP contribution in [-0.4, -0.2) is 55.1 Å². The third kappa shape index (κ3) is 3.65. The van der Waals surface area contributed by atoms with Crippen LogP contribution in [0.2, 0.25) is 0 Å². The van der Waals surface area contributed by atoms with E-state index in [1.54, 1.807) is 0 Å². The lowest BCUT2D eigenvalue weighted by molar-refractivity contribution is 0.0269. The Balaban J connectivity index is 1.70. The standard InChI is InChI=1S/C18H29N3/c1-2-19-14-18(16-8-4-3-5-9-16)21-13-12-20-11-7-6-10-17(20)15-21/h3-5,8-9,17-19H,2,6-7,10-15H2,1H3. The van der Waals surface area contributed by atoms with Gasteiger partial charge in [-0.05, 0) is 31.5 Å². The molecule has 2 saturated heterocycles. The molecule has 2 fully saturated rings. The topological polar surface area (TPSA) is 18.5 Å². The van der Waals surface area contributed by atoms with Crippen molar-refractivity contribution in [3.05, 3.63) is 35.9 Å². The SMILES string of the molecule is CCNCC(c1ccccc1)N1CCN2CCCCC2C1. The molecule has 1 N–H and O–H groups in total. The van der Waals surface area contributed by atoms with Crippen LogP contribution in [-0.2, 0) is 0 Å². The molecule has 1 aromatic rings. The third-order valence-corrected chi connectivity index (χ3v) is 5.08. The van der Waals surface area contributed by atoms with Gasteiger partial charge in [-0.1, -0.05) is 43.7 Å². The minimum atomic E-state index is 0.523. The minimum Gasteiger partial charge on any atom is -0.315 e. The van der Waals surface area contributed by atoms with Crippen molar-refractivity contribution in [2.24, 2.45) is 0 Å². The van der Waals surface area contributed by atoms with E-state index in [1.165, 1.54) is 51.0 Å². The highest BCUT2D eigenvalue weighted by Gasteiger charge is 2.32. The lowest BCUT2D eigenvalue weighted by Crippen LogP contribution is -2.56. The zero-order chi connectivity index (χ0) is 14.5. The summed E-state index contributed by atoms with van der Waals surface area (Å²) in [4.78, 5) is 5.43. The largest absolute Gasteiger partial charge is 0.315 e. The quantitative estimate of drug-likeness (QED) is 0.898. The Morgan fingerprint density at radius 1 is 1.14 bits per heavy atom. The molecule has 0 aliphatic carbocycles.